The number of rotatable bonds is 5. The van der Waals surface area contributed by atoms with Crippen LogP contribution in [0.4, 0.5) is 8.78 Å². The van der Waals surface area contributed by atoms with Crippen LogP contribution >= 0.6 is 0 Å². The molecule has 0 unspecified atom stereocenters. The average Bonchev–Trinajstić information content (AvgIpc) is 2.46. The number of benzene rings is 1. The van der Waals surface area contributed by atoms with Crippen molar-refractivity contribution in [3.63, 3.8) is 0 Å². The SMILES string of the molecule is COC(=O)C(Cc1cc(F)c(F)cc1CN)C(=O)OC. The van der Waals surface area contributed by atoms with Crippen molar-refractivity contribution >= 4 is 11.9 Å². The van der Waals surface area contributed by atoms with Crippen LogP contribution in [-0.2, 0) is 32.0 Å². The summed E-state index contributed by atoms with van der Waals surface area (Å²) in [5, 5.41) is 0. The van der Waals surface area contributed by atoms with Crippen molar-refractivity contribution < 1.29 is 27.8 Å². The van der Waals surface area contributed by atoms with Gasteiger partial charge in [-0.3, -0.25) is 9.59 Å². The zero-order valence-electron chi connectivity index (χ0n) is 11.1. The lowest BCUT2D eigenvalue weighted by Crippen LogP contribution is -2.29. The first-order valence-electron chi connectivity index (χ1n) is 5.77. The van der Waals surface area contributed by atoms with Crippen LogP contribution in [0.1, 0.15) is 11.1 Å². The molecular weight excluding hydrogens is 272 g/mol. The van der Waals surface area contributed by atoms with Gasteiger partial charge in [-0.15, -0.1) is 0 Å². The van der Waals surface area contributed by atoms with E-state index in [9.17, 15) is 18.4 Å². The molecular formula is C13H15F2NO4. The van der Waals surface area contributed by atoms with Crippen molar-refractivity contribution in [3.8, 4) is 0 Å². The van der Waals surface area contributed by atoms with Gasteiger partial charge in [0.15, 0.2) is 17.6 Å². The van der Waals surface area contributed by atoms with Crippen LogP contribution in [0.3, 0.4) is 0 Å². The molecule has 2 N–H and O–H groups in total. The number of ether oxygens (including phenoxy) is 2. The second-order valence-corrected chi connectivity index (χ2v) is 4.04. The van der Waals surface area contributed by atoms with Crippen molar-refractivity contribution in [1.29, 1.82) is 0 Å². The summed E-state index contributed by atoms with van der Waals surface area (Å²) in [5.74, 6) is -5.00. The van der Waals surface area contributed by atoms with Crippen molar-refractivity contribution in [2.24, 2.45) is 11.7 Å². The van der Waals surface area contributed by atoms with E-state index in [0.29, 0.717) is 5.56 Å². The average molecular weight is 287 g/mol. The Hall–Kier alpha value is -2.02. The number of halogens is 2. The van der Waals surface area contributed by atoms with Crippen LogP contribution in [0.5, 0.6) is 0 Å². The second-order valence-electron chi connectivity index (χ2n) is 4.04. The summed E-state index contributed by atoms with van der Waals surface area (Å²) in [7, 11) is 2.24. The molecule has 0 aromatic heterocycles. The second kappa shape index (κ2) is 6.95. The quantitative estimate of drug-likeness (QED) is 0.644. The zero-order valence-corrected chi connectivity index (χ0v) is 11.1. The summed E-state index contributed by atoms with van der Waals surface area (Å²) in [6, 6.07) is 1.85. The maximum atomic E-state index is 13.3. The van der Waals surface area contributed by atoms with Gasteiger partial charge < -0.3 is 15.2 Å². The van der Waals surface area contributed by atoms with Gasteiger partial charge in [-0.2, -0.15) is 0 Å². The van der Waals surface area contributed by atoms with Gasteiger partial charge in [0.2, 0.25) is 0 Å². The lowest BCUT2D eigenvalue weighted by molar-refractivity contribution is -0.158. The smallest absolute Gasteiger partial charge is 0.320 e. The number of esters is 2. The summed E-state index contributed by atoms with van der Waals surface area (Å²) >= 11 is 0. The van der Waals surface area contributed by atoms with E-state index in [1.165, 1.54) is 0 Å². The van der Waals surface area contributed by atoms with Crippen LogP contribution in [0.15, 0.2) is 12.1 Å². The first kappa shape index (κ1) is 16.0. The highest BCUT2D eigenvalue weighted by Gasteiger charge is 2.30. The Morgan fingerprint density at radius 2 is 1.55 bits per heavy atom. The molecule has 0 heterocycles. The van der Waals surface area contributed by atoms with Gasteiger partial charge in [-0.05, 0) is 29.7 Å². The molecule has 0 radical (unpaired) electrons. The number of hydrogen-bond donors (Lipinski definition) is 1. The summed E-state index contributed by atoms with van der Waals surface area (Å²) in [5.41, 5.74) is 6.00. The van der Waals surface area contributed by atoms with E-state index < -0.39 is 29.5 Å². The number of methoxy groups -OCH3 is 2. The maximum absolute atomic E-state index is 13.3. The van der Waals surface area contributed by atoms with Crippen molar-refractivity contribution in [2.45, 2.75) is 13.0 Å². The Labute approximate surface area is 114 Å². The number of carbonyl (C=O) groups is 2. The summed E-state index contributed by atoms with van der Waals surface area (Å²) in [4.78, 5) is 23.1. The minimum atomic E-state index is -1.25. The van der Waals surface area contributed by atoms with E-state index in [1.54, 1.807) is 0 Å². The normalized spacial score (nSPS) is 10.5. The molecule has 5 nitrogen and oxygen atoms in total. The molecule has 0 aliphatic rings. The van der Waals surface area contributed by atoms with E-state index in [1.807, 2.05) is 0 Å². The molecule has 0 atom stereocenters. The molecule has 0 amide bonds. The molecule has 0 spiro atoms. The number of nitrogens with two attached hydrogens (primary N) is 1. The lowest BCUT2D eigenvalue weighted by Gasteiger charge is -2.15. The molecule has 0 saturated carbocycles. The first-order valence-corrected chi connectivity index (χ1v) is 5.77. The fraction of sp³-hybridized carbons (Fsp3) is 0.385. The Bertz CT molecular complexity index is 503. The highest BCUT2D eigenvalue weighted by Crippen LogP contribution is 2.20. The molecule has 0 aliphatic heterocycles. The minimum Gasteiger partial charge on any atom is -0.468 e. The molecule has 110 valence electrons. The molecule has 0 fully saturated rings. The van der Waals surface area contributed by atoms with Gasteiger partial charge in [0, 0.05) is 6.54 Å². The summed E-state index contributed by atoms with van der Waals surface area (Å²) < 4.78 is 35.4. The third-order valence-electron chi connectivity index (χ3n) is 2.86. The largest absolute Gasteiger partial charge is 0.468 e. The van der Waals surface area contributed by atoms with Crippen molar-refractivity contribution in [1.82, 2.24) is 0 Å². The standard InChI is InChI=1S/C13H15F2NO4/c1-19-12(17)9(13(18)20-2)3-7-4-10(14)11(15)5-8(7)6-16/h4-5,9H,3,6,16H2,1-2H3. The van der Waals surface area contributed by atoms with Gasteiger partial charge in [0.25, 0.3) is 0 Å². The Kier molecular flexibility index (Phi) is 5.57. The van der Waals surface area contributed by atoms with Gasteiger partial charge in [-0.25, -0.2) is 8.78 Å². The van der Waals surface area contributed by atoms with Crippen LogP contribution in [0.25, 0.3) is 0 Å². The van der Waals surface area contributed by atoms with Gasteiger partial charge in [-0.1, -0.05) is 0 Å². The van der Waals surface area contributed by atoms with Crippen molar-refractivity contribution in [3.05, 3.63) is 34.9 Å². The molecule has 0 saturated heterocycles. The number of carbonyl (C=O) groups excluding carboxylic acids is 2. The highest BCUT2D eigenvalue weighted by atomic mass is 19.2. The first-order chi connectivity index (χ1) is 9.44. The fourth-order valence-electron chi connectivity index (χ4n) is 1.78. The molecule has 1 aromatic rings. The third-order valence-corrected chi connectivity index (χ3v) is 2.86. The third kappa shape index (κ3) is 3.51. The van der Waals surface area contributed by atoms with E-state index >= 15 is 0 Å². The van der Waals surface area contributed by atoms with E-state index in [4.69, 9.17) is 5.73 Å². The molecule has 1 aromatic carbocycles. The predicted molar refractivity (Wildman–Crippen MR) is 65.5 cm³/mol. The van der Waals surface area contributed by atoms with Gasteiger partial charge in [0.05, 0.1) is 14.2 Å². The van der Waals surface area contributed by atoms with Crippen LogP contribution in [-0.4, -0.2) is 26.2 Å². The van der Waals surface area contributed by atoms with Crippen LogP contribution < -0.4 is 5.73 Å². The van der Waals surface area contributed by atoms with E-state index in [0.717, 1.165) is 26.4 Å². The molecule has 20 heavy (non-hydrogen) atoms. The zero-order chi connectivity index (χ0) is 15.3. The maximum Gasteiger partial charge on any atom is 0.320 e. The van der Waals surface area contributed by atoms with E-state index in [2.05, 4.69) is 9.47 Å². The molecule has 7 heteroatoms. The molecule has 0 bridgehead atoms. The molecule has 1 rings (SSSR count). The number of hydrogen-bond acceptors (Lipinski definition) is 5. The fourth-order valence-corrected chi connectivity index (χ4v) is 1.78. The predicted octanol–water partition coefficient (Wildman–Crippen LogP) is 0.928. The van der Waals surface area contributed by atoms with Crippen LogP contribution in [0, 0.1) is 17.6 Å². The Balaban J connectivity index is 3.13. The Morgan fingerprint density at radius 1 is 1.10 bits per heavy atom. The summed E-state index contributed by atoms with van der Waals surface area (Å²) in [6.07, 6.45) is -0.178. The summed E-state index contributed by atoms with van der Waals surface area (Å²) in [6.45, 7) is -0.0540. The van der Waals surface area contributed by atoms with Crippen molar-refractivity contribution in [2.75, 3.05) is 14.2 Å². The topological polar surface area (TPSA) is 78.6 Å². The van der Waals surface area contributed by atoms with Gasteiger partial charge >= 0.3 is 11.9 Å². The van der Waals surface area contributed by atoms with Gasteiger partial charge in [0.1, 0.15) is 0 Å². The minimum absolute atomic E-state index is 0.0540. The lowest BCUT2D eigenvalue weighted by atomic mass is 9.95. The molecule has 0 aliphatic carbocycles. The highest BCUT2D eigenvalue weighted by molar-refractivity contribution is 5.95. The monoisotopic (exact) mass is 287 g/mol. The Morgan fingerprint density at radius 3 is 1.95 bits per heavy atom. The van der Waals surface area contributed by atoms with E-state index in [-0.39, 0.29) is 18.5 Å². The van der Waals surface area contributed by atoms with Crippen LogP contribution in [0.2, 0.25) is 0 Å².